The van der Waals surface area contributed by atoms with Crippen molar-refractivity contribution in [3.63, 3.8) is 0 Å². The quantitative estimate of drug-likeness (QED) is 0.624. The minimum Gasteiger partial charge on any atom is -0.494 e. The minimum atomic E-state index is -0.308. The third kappa shape index (κ3) is 1.75. The van der Waals surface area contributed by atoms with Crippen LogP contribution in [0.25, 0.3) is 21.3 Å². The van der Waals surface area contributed by atoms with Gasteiger partial charge in [-0.1, -0.05) is 23.0 Å². The second-order valence-corrected chi connectivity index (χ2v) is 5.12. The van der Waals surface area contributed by atoms with Gasteiger partial charge in [-0.25, -0.2) is 0 Å². The van der Waals surface area contributed by atoms with Gasteiger partial charge in [0, 0.05) is 16.1 Å². The van der Waals surface area contributed by atoms with E-state index in [2.05, 4.69) is 15.1 Å². The molecule has 3 aromatic rings. The number of nitroso groups, excluding NO2 is 1. The van der Waals surface area contributed by atoms with E-state index in [1.807, 2.05) is 25.1 Å². The summed E-state index contributed by atoms with van der Waals surface area (Å²) in [4.78, 5) is 17.2. The molecule has 3 rings (SSSR count). The standard InChI is InChI=1S/C12H9N3O3S/c1-5-2-3-7-6(4-5)8(10(16)13-7)9-11(17)14-12(15-18)19-9/h2-4,13,16-17H,1H3. The molecular formula is C12H9N3O3S. The molecule has 2 heterocycles. The number of aromatic hydroxyl groups is 2. The molecule has 0 aliphatic carbocycles. The smallest absolute Gasteiger partial charge is 0.256 e. The molecule has 0 unspecified atom stereocenters. The molecule has 0 aliphatic rings. The predicted octanol–water partition coefficient (Wildman–Crippen LogP) is 3.41. The molecule has 6 nitrogen and oxygen atoms in total. The summed E-state index contributed by atoms with van der Waals surface area (Å²) < 4.78 is 0. The number of thiazole rings is 1. The number of hydrogen-bond donors (Lipinski definition) is 3. The Morgan fingerprint density at radius 1 is 1.37 bits per heavy atom. The van der Waals surface area contributed by atoms with Crippen LogP contribution in [0.2, 0.25) is 0 Å². The average molecular weight is 275 g/mol. The third-order valence-electron chi connectivity index (χ3n) is 2.84. The number of H-pyrrole nitrogens is 1. The van der Waals surface area contributed by atoms with E-state index < -0.39 is 0 Å². The number of benzene rings is 1. The zero-order chi connectivity index (χ0) is 13.6. The van der Waals surface area contributed by atoms with E-state index in [4.69, 9.17) is 0 Å². The zero-order valence-corrected chi connectivity index (χ0v) is 10.7. The van der Waals surface area contributed by atoms with Crippen LogP contribution in [0.1, 0.15) is 5.56 Å². The summed E-state index contributed by atoms with van der Waals surface area (Å²) in [5.74, 6) is -0.380. The summed E-state index contributed by atoms with van der Waals surface area (Å²) in [5, 5.41) is 23.1. The van der Waals surface area contributed by atoms with Gasteiger partial charge in [0.2, 0.25) is 5.88 Å². The Hall–Kier alpha value is -2.41. The van der Waals surface area contributed by atoms with E-state index in [-0.39, 0.29) is 16.9 Å². The van der Waals surface area contributed by atoms with Crippen LogP contribution < -0.4 is 0 Å². The Morgan fingerprint density at radius 3 is 2.84 bits per heavy atom. The third-order valence-corrected chi connectivity index (χ3v) is 3.78. The van der Waals surface area contributed by atoms with Crippen molar-refractivity contribution in [3.05, 3.63) is 28.7 Å². The van der Waals surface area contributed by atoms with Crippen LogP contribution in [0, 0.1) is 11.8 Å². The highest BCUT2D eigenvalue weighted by atomic mass is 32.1. The van der Waals surface area contributed by atoms with Crippen molar-refractivity contribution in [1.82, 2.24) is 9.97 Å². The maximum atomic E-state index is 10.5. The molecular weight excluding hydrogens is 266 g/mol. The molecule has 0 atom stereocenters. The van der Waals surface area contributed by atoms with Crippen molar-refractivity contribution in [2.45, 2.75) is 6.92 Å². The van der Waals surface area contributed by atoms with Crippen LogP contribution in [0.15, 0.2) is 23.4 Å². The van der Waals surface area contributed by atoms with Gasteiger partial charge >= 0.3 is 0 Å². The van der Waals surface area contributed by atoms with Crippen molar-refractivity contribution in [1.29, 1.82) is 0 Å². The van der Waals surface area contributed by atoms with Crippen LogP contribution in [0.5, 0.6) is 11.8 Å². The average Bonchev–Trinajstić information content (AvgIpc) is 2.88. The largest absolute Gasteiger partial charge is 0.494 e. The van der Waals surface area contributed by atoms with Gasteiger partial charge in [-0.05, 0) is 19.1 Å². The lowest BCUT2D eigenvalue weighted by atomic mass is 10.1. The van der Waals surface area contributed by atoms with E-state index in [1.165, 1.54) is 0 Å². The van der Waals surface area contributed by atoms with E-state index in [1.54, 1.807) is 0 Å². The first-order valence-electron chi connectivity index (χ1n) is 5.45. The number of rotatable bonds is 2. The molecule has 0 fully saturated rings. The summed E-state index contributed by atoms with van der Waals surface area (Å²) in [7, 11) is 0. The number of aryl methyl sites for hydroxylation is 1. The molecule has 0 bridgehead atoms. The Morgan fingerprint density at radius 2 is 2.16 bits per heavy atom. The van der Waals surface area contributed by atoms with Crippen LogP contribution in [-0.2, 0) is 0 Å². The summed E-state index contributed by atoms with van der Waals surface area (Å²) in [6, 6.07) is 5.63. The molecule has 19 heavy (non-hydrogen) atoms. The highest BCUT2D eigenvalue weighted by molar-refractivity contribution is 7.19. The monoisotopic (exact) mass is 275 g/mol. The van der Waals surface area contributed by atoms with Gasteiger partial charge < -0.3 is 15.2 Å². The lowest BCUT2D eigenvalue weighted by Crippen LogP contribution is -1.75. The van der Waals surface area contributed by atoms with Gasteiger partial charge in [0.15, 0.2) is 5.88 Å². The summed E-state index contributed by atoms with van der Waals surface area (Å²) in [6.07, 6.45) is 0. The Labute approximate surface area is 111 Å². The fourth-order valence-corrected chi connectivity index (χ4v) is 2.82. The minimum absolute atomic E-state index is 0.0722. The molecule has 0 radical (unpaired) electrons. The SMILES string of the molecule is Cc1ccc2[nH]c(O)c(-c3sc(N=O)nc3O)c2c1. The number of aromatic amines is 1. The number of aromatic nitrogens is 2. The van der Waals surface area contributed by atoms with E-state index in [0.29, 0.717) is 10.4 Å². The molecule has 7 heteroatoms. The Kier molecular flexibility index (Phi) is 2.49. The highest BCUT2D eigenvalue weighted by Gasteiger charge is 2.20. The second-order valence-electron chi connectivity index (χ2n) is 4.14. The van der Waals surface area contributed by atoms with E-state index in [0.717, 1.165) is 27.8 Å². The van der Waals surface area contributed by atoms with Crippen molar-refractivity contribution >= 4 is 27.4 Å². The lowest BCUT2D eigenvalue weighted by Gasteiger charge is -1.97. The number of nitrogens with one attached hydrogen (secondary N) is 1. The van der Waals surface area contributed by atoms with Gasteiger partial charge in [0.1, 0.15) is 4.88 Å². The lowest BCUT2D eigenvalue weighted by molar-refractivity contribution is 0.452. The topological polar surface area (TPSA) is 98.6 Å². The Bertz CT molecular complexity index is 791. The molecule has 0 spiro atoms. The second kappa shape index (κ2) is 4.06. The Balaban J connectivity index is 2.34. The first-order chi connectivity index (χ1) is 9.10. The number of nitrogens with zero attached hydrogens (tertiary/aromatic N) is 2. The van der Waals surface area contributed by atoms with Crippen LogP contribution in [0.3, 0.4) is 0 Å². The molecule has 3 N–H and O–H groups in total. The molecule has 0 saturated carbocycles. The molecule has 0 amide bonds. The van der Waals surface area contributed by atoms with E-state index in [9.17, 15) is 15.1 Å². The van der Waals surface area contributed by atoms with Gasteiger partial charge in [-0.2, -0.15) is 4.98 Å². The van der Waals surface area contributed by atoms with Crippen molar-refractivity contribution < 1.29 is 10.2 Å². The van der Waals surface area contributed by atoms with Crippen molar-refractivity contribution in [2.24, 2.45) is 5.18 Å². The summed E-state index contributed by atoms with van der Waals surface area (Å²) >= 11 is 0.932. The van der Waals surface area contributed by atoms with Crippen molar-refractivity contribution in [2.75, 3.05) is 0 Å². The fraction of sp³-hybridized carbons (Fsp3) is 0.0833. The van der Waals surface area contributed by atoms with Gasteiger partial charge in [0.05, 0.1) is 5.56 Å². The van der Waals surface area contributed by atoms with E-state index >= 15 is 0 Å². The first-order valence-corrected chi connectivity index (χ1v) is 6.26. The fourth-order valence-electron chi connectivity index (χ4n) is 2.02. The summed E-state index contributed by atoms with van der Waals surface area (Å²) in [5.41, 5.74) is 2.20. The molecule has 96 valence electrons. The van der Waals surface area contributed by atoms with Gasteiger partial charge in [-0.15, -0.1) is 4.91 Å². The number of fused-ring (bicyclic) bond motifs is 1. The maximum Gasteiger partial charge on any atom is 0.256 e. The normalized spacial score (nSPS) is 11.0. The molecule has 0 saturated heterocycles. The van der Waals surface area contributed by atoms with Crippen LogP contribution in [0.4, 0.5) is 5.13 Å². The zero-order valence-electron chi connectivity index (χ0n) is 9.84. The maximum absolute atomic E-state index is 10.5. The highest BCUT2D eigenvalue weighted by Crippen LogP contribution is 2.45. The molecule has 1 aromatic carbocycles. The molecule has 0 aliphatic heterocycles. The van der Waals surface area contributed by atoms with Gasteiger partial charge in [-0.3, -0.25) is 0 Å². The van der Waals surface area contributed by atoms with Crippen LogP contribution >= 0.6 is 11.3 Å². The molecule has 2 aromatic heterocycles. The first kappa shape index (κ1) is 11.7. The van der Waals surface area contributed by atoms with Gasteiger partial charge in [0.25, 0.3) is 5.13 Å². The van der Waals surface area contributed by atoms with Crippen molar-refractivity contribution in [3.8, 4) is 22.2 Å². The summed E-state index contributed by atoms with van der Waals surface area (Å²) in [6.45, 7) is 1.93. The van der Waals surface area contributed by atoms with Crippen LogP contribution in [-0.4, -0.2) is 20.2 Å². The number of hydrogen-bond acceptors (Lipinski definition) is 6. The predicted molar refractivity (Wildman–Crippen MR) is 72.9 cm³/mol.